The highest BCUT2D eigenvalue weighted by molar-refractivity contribution is 7.89. The first-order chi connectivity index (χ1) is 19.9. The monoisotopic (exact) mass is 589 g/mol. The number of hydrogen-bond acceptors (Lipinski definition) is 6. The average molecular weight is 590 g/mol. The number of ether oxygens (including phenoxy) is 1. The van der Waals surface area contributed by atoms with Crippen molar-refractivity contribution in [2.75, 3.05) is 51.3 Å². The van der Waals surface area contributed by atoms with Gasteiger partial charge in [-0.25, -0.2) is 8.42 Å². The van der Waals surface area contributed by atoms with Crippen molar-refractivity contribution in [2.24, 2.45) is 5.92 Å². The van der Waals surface area contributed by atoms with Gasteiger partial charge in [-0.15, -0.1) is 11.3 Å². The first-order valence-electron chi connectivity index (χ1n) is 14.2. The lowest BCUT2D eigenvalue weighted by atomic mass is 9.91. The first-order valence-corrected chi connectivity index (χ1v) is 16.4. The fourth-order valence-corrected chi connectivity index (χ4v) is 8.44. The average Bonchev–Trinajstić information content (AvgIpc) is 3.46. The molecule has 0 bridgehead atoms. The zero-order valence-corrected chi connectivity index (χ0v) is 24.9. The number of rotatable bonds is 7. The highest BCUT2D eigenvalue weighted by Crippen LogP contribution is 2.34. The molecule has 214 valence electrons. The van der Waals surface area contributed by atoms with Crippen molar-refractivity contribution in [1.29, 1.82) is 0 Å². The van der Waals surface area contributed by atoms with E-state index in [2.05, 4.69) is 29.2 Å². The van der Waals surface area contributed by atoms with E-state index < -0.39 is 10.0 Å². The van der Waals surface area contributed by atoms with E-state index in [1.807, 2.05) is 41.3 Å². The SMILES string of the molecule is COc1ccc(S(=O)(=O)N2CCC(Cc3ccccc3)CC2)cc1N1CCN(C(=O)c2cc3ccccc3s2)CC1. The van der Waals surface area contributed by atoms with Crippen LogP contribution in [0.2, 0.25) is 0 Å². The Morgan fingerprint density at radius 2 is 1.59 bits per heavy atom. The molecule has 3 heterocycles. The van der Waals surface area contributed by atoms with Gasteiger partial charge in [0.1, 0.15) is 5.75 Å². The molecular weight excluding hydrogens is 555 g/mol. The lowest BCUT2D eigenvalue weighted by Gasteiger charge is -2.37. The van der Waals surface area contributed by atoms with Crippen LogP contribution >= 0.6 is 11.3 Å². The molecule has 2 fully saturated rings. The highest BCUT2D eigenvalue weighted by atomic mass is 32.2. The summed E-state index contributed by atoms with van der Waals surface area (Å²) in [5, 5.41) is 1.09. The highest BCUT2D eigenvalue weighted by Gasteiger charge is 2.31. The van der Waals surface area contributed by atoms with Crippen LogP contribution in [-0.4, -0.2) is 69.9 Å². The minimum Gasteiger partial charge on any atom is -0.495 e. The molecule has 2 aliphatic rings. The van der Waals surface area contributed by atoms with Gasteiger partial charge in [0.25, 0.3) is 5.91 Å². The Morgan fingerprint density at radius 1 is 0.878 bits per heavy atom. The molecular formula is C32H35N3O4S2. The number of carbonyl (C=O) groups is 1. The second kappa shape index (κ2) is 11.8. The van der Waals surface area contributed by atoms with Crippen molar-refractivity contribution >= 4 is 43.0 Å². The zero-order chi connectivity index (χ0) is 28.4. The van der Waals surface area contributed by atoms with Crippen LogP contribution in [0.15, 0.2) is 83.8 Å². The van der Waals surface area contributed by atoms with Crippen molar-refractivity contribution in [1.82, 2.24) is 9.21 Å². The molecule has 0 atom stereocenters. The second-order valence-electron chi connectivity index (χ2n) is 10.8. The van der Waals surface area contributed by atoms with E-state index in [0.29, 0.717) is 55.8 Å². The molecule has 0 spiro atoms. The summed E-state index contributed by atoms with van der Waals surface area (Å²) in [5.41, 5.74) is 2.06. The lowest BCUT2D eigenvalue weighted by molar-refractivity contribution is 0.0751. The topological polar surface area (TPSA) is 70.2 Å². The predicted molar refractivity (Wildman–Crippen MR) is 165 cm³/mol. The smallest absolute Gasteiger partial charge is 0.264 e. The maximum absolute atomic E-state index is 13.7. The van der Waals surface area contributed by atoms with Crippen LogP contribution in [0.1, 0.15) is 28.1 Å². The molecule has 0 saturated carbocycles. The van der Waals surface area contributed by atoms with Gasteiger partial charge >= 0.3 is 0 Å². The van der Waals surface area contributed by atoms with Crippen LogP contribution < -0.4 is 9.64 Å². The molecule has 9 heteroatoms. The standard InChI is InChI=1S/C32H35N3O4S2/c1-39-29-12-11-27(41(37,38)35-15-13-25(14-16-35)21-24-7-3-2-4-8-24)23-28(29)33-17-19-34(20-18-33)32(36)31-22-26-9-5-6-10-30(26)40-31/h2-12,22-23,25H,13-21H2,1H3. The summed E-state index contributed by atoms with van der Waals surface area (Å²) in [6.07, 6.45) is 2.69. The number of hydrogen-bond donors (Lipinski definition) is 0. The van der Waals surface area contributed by atoms with Crippen LogP contribution in [0.5, 0.6) is 5.75 Å². The third-order valence-corrected chi connectivity index (χ3v) is 11.3. The molecule has 1 amide bonds. The van der Waals surface area contributed by atoms with Gasteiger partial charge in [-0.1, -0.05) is 48.5 Å². The Morgan fingerprint density at radius 3 is 2.29 bits per heavy atom. The number of anilines is 1. The summed E-state index contributed by atoms with van der Waals surface area (Å²) in [6.45, 7) is 3.37. The summed E-state index contributed by atoms with van der Waals surface area (Å²) in [4.78, 5) is 18.3. The van der Waals surface area contributed by atoms with Gasteiger partial charge in [0.15, 0.2) is 0 Å². The van der Waals surface area contributed by atoms with E-state index in [1.54, 1.807) is 29.6 Å². The number of methoxy groups -OCH3 is 1. The number of sulfonamides is 1. The number of fused-ring (bicyclic) bond motifs is 1. The number of piperidine rings is 1. The Bertz CT molecular complexity index is 1590. The molecule has 2 saturated heterocycles. The maximum atomic E-state index is 13.7. The number of piperazine rings is 1. The van der Waals surface area contributed by atoms with Gasteiger partial charge in [0, 0.05) is 44.0 Å². The zero-order valence-electron chi connectivity index (χ0n) is 23.2. The molecule has 0 unspecified atom stereocenters. The first kappa shape index (κ1) is 27.8. The van der Waals surface area contributed by atoms with Gasteiger partial charge in [-0.3, -0.25) is 4.79 Å². The minimum absolute atomic E-state index is 0.0461. The largest absolute Gasteiger partial charge is 0.495 e. The van der Waals surface area contributed by atoms with Crippen molar-refractivity contribution in [3.63, 3.8) is 0 Å². The normalized spacial score (nSPS) is 17.2. The third kappa shape index (κ3) is 5.84. The van der Waals surface area contributed by atoms with E-state index in [0.717, 1.165) is 39.9 Å². The quantitative estimate of drug-likeness (QED) is 0.284. The number of amides is 1. The molecule has 1 aromatic heterocycles. The fraction of sp³-hybridized carbons (Fsp3) is 0.344. The van der Waals surface area contributed by atoms with Crippen molar-refractivity contribution in [3.8, 4) is 5.75 Å². The third-order valence-electron chi connectivity index (χ3n) is 8.27. The molecule has 0 radical (unpaired) electrons. The second-order valence-corrected chi connectivity index (χ2v) is 13.8. The number of thiophene rings is 1. The van der Waals surface area contributed by atoms with Crippen LogP contribution in [0.3, 0.4) is 0 Å². The van der Waals surface area contributed by atoms with Gasteiger partial charge < -0.3 is 14.5 Å². The molecule has 0 N–H and O–H groups in total. The lowest BCUT2D eigenvalue weighted by Crippen LogP contribution is -2.48. The summed E-state index contributed by atoms with van der Waals surface area (Å²) in [5.74, 6) is 1.17. The van der Waals surface area contributed by atoms with Gasteiger partial charge in [-0.2, -0.15) is 4.31 Å². The number of nitrogens with zero attached hydrogens (tertiary/aromatic N) is 3. The van der Waals surface area contributed by atoms with E-state index >= 15 is 0 Å². The van der Waals surface area contributed by atoms with Crippen LogP contribution in [0, 0.1) is 5.92 Å². The Labute approximate surface area is 246 Å². The Balaban J connectivity index is 1.12. The molecule has 7 nitrogen and oxygen atoms in total. The molecule has 3 aromatic carbocycles. The van der Waals surface area contributed by atoms with E-state index in [9.17, 15) is 13.2 Å². The van der Waals surface area contributed by atoms with Crippen LogP contribution in [0.4, 0.5) is 5.69 Å². The molecule has 2 aliphatic heterocycles. The summed E-state index contributed by atoms with van der Waals surface area (Å²) < 4.78 is 35.7. The van der Waals surface area contributed by atoms with E-state index in [4.69, 9.17) is 4.74 Å². The van der Waals surface area contributed by atoms with Gasteiger partial charge in [-0.05, 0) is 66.5 Å². The van der Waals surface area contributed by atoms with Crippen molar-refractivity contribution < 1.29 is 17.9 Å². The molecule has 4 aromatic rings. The predicted octanol–water partition coefficient (Wildman–Crippen LogP) is 5.52. The minimum atomic E-state index is -3.63. The Hall–Kier alpha value is -3.40. The summed E-state index contributed by atoms with van der Waals surface area (Å²) in [6, 6.07) is 25.6. The summed E-state index contributed by atoms with van der Waals surface area (Å²) in [7, 11) is -2.03. The van der Waals surface area contributed by atoms with E-state index in [1.165, 1.54) is 16.9 Å². The van der Waals surface area contributed by atoms with Crippen molar-refractivity contribution in [3.05, 3.63) is 89.3 Å². The summed E-state index contributed by atoms with van der Waals surface area (Å²) >= 11 is 1.52. The van der Waals surface area contributed by atoms with Crippen molar-refractivity contribution in [2.45, 2.75) is 24.2 Å². The molecule has 6 rings (SSSR count). The fourth-order valence-electron chi connectivity index (χ4n) is 5.92. The van der Waals surface area contributed by atoms with E-state index in [-0.39, 0.29) is 5.91 Å². The van der Waals surface area contributed by atoms with Gasteiger partial charge in [0.05, 0.1) is 22.6 Å². The Kier molecular flexibility index (Phi) is 8.01. The van der Waals surface area contributed by atoms with Crippen LogP contribution in [-0.2, 0) is 16.4 Å². The van der Waals surface area contributed by atoms with Crippen LogP contribution in [0.25, 0.3) is 10.1 Å². The molecule has 0 aliphatic carbocycles. The maximum Gasteiger partial charge on any atom is 0.264 e. The number of carbonyl (C=O) groups excluding carboxylic acids is 1. The number of benzene rings is 3. The molecule has 41 heavy (non-hydrogen) atoms. The van der Waals surface area contributed by atoms with Gasteiger partial charge in [0.2, 0.25) is 10.0 Å².